The zero-order valence-electron chi connectivity index (χ0n) is 11.9. The van der Waals surface area contributed by atoms with E-state index in [-0.39, 0.29) is 11.9 Å². The van der Waals surface area contributed by atoms with Crippen LogP contribution in [0.4, 0.5) is 15.8 Å². The summed E-state index contributed by atoms with van der Waals surface area (Å²) in [6, 6.07) is 3.35. The van der Waals surface area contributed by atoms with Gasteiger partial charge in [-0.05, 0) is 39.5 Å². The predicted octanol–water partition coefficient (Wildman–Crippen LogP) is 3.80. The lowest BCUT2D eigenvalue weighted by Gasteiger charge is -2.33. The molecule has 1 fully saturated rings. The first-order valence-corrected chi connectivity index (χ1v) is 6.99. The monoisotopic (exact) mass is 266 g/mol. The van der Waals surface area contributed by atoms with Gasteiger partial charge >= 0.3 is 0 Å². The second-order valence-electron chi connectivity index (χ2n) is 5.66. The molecule has 3 N–H and O–H groups in total. The van der Waals surface area contributed by atoms with E-state index in [2.05, 4.69) is 12.2 Å². The third-order valence-electron chi connectivity index (χ3n) is 3.71. The number of rotatable bonds is 5. The van der Waals surface area contributed by atoms with Crippen LogP contribution < -0.4 is 15.8 Å². The summed E-state index contributed by atoms with van der Waals surface area (Å²) >= 11 is 0. The van der Waals surface area contributed by atoms with Crippen molar-refractivity contribution in [2.75, 3.05) is 11.1 Å². The molecule has 1 aromatic rings. The average Bonchev–Trinajstić information content (AvgIpc) is 2.21. The molecule has 0 heterocycles. The van der Waals surface area contributed by atoms with Crippen LogP contribution in [0, 0.1) is 11.7 Å². The SMILES string of the molecule is CC(C)Oc1cc(NC(C)C2CCC2)c(N)cc1F. The number of benzene rings is 1. The molecule has 1 aliphatic rings. The van der Waals surface area contributed by atoms with Gasteiger partial charge < -0.3 is 15.8 Å². The van der Waals surface area contributed by atoms with Gasteiger partial charge in [0.1, 0.15) is 0 Å². The van der Waals surface area contributed by atoms with Gasteiger partial charge in [0.25, 0.3) is 0 Å². The summed E-state index contributed by atoms with van der Waals surface area (Å²) in [7, 11) is 0. The zero-order chi connectivity index (χ0) is 14.0. The zero-order valence-corrected chi connectivity index (χ0v) is 11.9. The van der Waals surface area contributed by atoms with E-state index in [4.69, 9.17) is 10.5 Å². The fraction of sp³-hybridized carbons (Fsp3) is 0.600. The summed E-state index contributed by atoms with van der Waals surface area (Å²) in [5.74, 6) is 0.541. The van der Waals surface area contributed by atoms with Crippen LogP contribution in [0.1, 0.15) is 40.0 Å². The van der Waals surface area contributed by atoms with Gasteiger partial charge in [-0.1, -0.05) is 6.42 Å². The molecule has 1 atom stereocenters. The molecule has 0 amide bonds. The summed E-state index contributed by atoms with van der Waals surface area (Å²) < 4.78 is 19.2. The lowest BCUT2D eigenvalue weighted by Crippen LogP contribution is -2.31. The number of nitrogens with two attached hydrogens (primary N) is 1. The molecule has 106 valence electrons. The molecule has 0 spiro atoms. The molecule has 0 saturated heterocycles. The predicted molar refractivity (Wildman–Crippen MR) is 77.0 cm³/mol. The molecule has 1 saturated carbocycles. The molecule has 1 unspecified atom stereocenters. The van der Waals surface area contributed by atoms with E-state index >= 15 is 0 Å². The van der Waals surface area contributed by atoms with E-state index in [1.54, 1.807) is 6.07 Å². The van der Waals surface area contributed by atoms with E-state index in [0.29, 0.717) is 17.6 Å². The highest BCUT2D eigenvalue weighted by atomic mass is 19.1. The molecule has 4 heteroatoms. The van der Waals surface area contributed by atoms with Crippen molar-refractivity contribution in [1.82, 2.24) is 0 Å². The molecular weight excluding hydrogens is 243 g/mol. The van der Waals surface area contributed by atoms with Crippen LogP contribution in [0.2, 0.25) is 0 Å². The Hall–Kier alpha value is -1.45. The van der Waals surface area contributed by atoms with Crippen LogP contribution in [0.15, 0.2) is 12.1 Å². The van der Waals surface area contributed by atoms with Crippen molar-refractivity contribution in [3.63, 3.8) is 0 Å². The first kappa shape index (κ1) is 14.0. The summed E-state index contributed by atoms with van der Waals surface area (Å²) in [4.78, 5) is 0. The number of ether oxygens (including phenoxy) is 1. The third kappa shape index (κ3) is 3.31. The van der Waals surface area contributed by atoms with Crippen LogP contribution in [0.25, 0.3) is 0 Å². The largest absolute Gasteiger partial charge is 0.488 e. The fourth-order valence-electron chi connectivity index (χ4n) is 2.34. The van der Waals surface area contributed by atoms with Gasteiger partial charge in [-0.3, -0.25) is 0 Å². The molecule has 2 rings (SSSR count). The molecule has 1 aromatic carbocycles. The fourth-order valence-corrected chi connectivity index (χ4v) is 2.34. The number of halogens is 1. The smallest absolute Gasteiger partial charge is 0.167 e. The second kappa shape index (κ2) is 5.68. The van der Waals surface area contributed by atoms with Crippen molar-refractivity contribution in [2.45, 2.75) is 52.2 Å². The van der Waals surface area contributed by atoms with E-state index in [1.807, 2.05) is 13.8 Å². The van der Waals surface area contributed by atoms with Crippen molar-refractivity contribution in [3.05, 3.63) is 17.9 Å². The van der Waals surface area contributed by atoms with Crippen LogP contribution in [-0.2, 0) is 0 Å². The maximum Gasteiger partial charge on any atom is 0.167 e. The third-order valence-corrected chi connectivity index (χ3v) is 3.71. The highest BCUT2D eigenvalue weighted by Gasteiger charge is 2.24. The van der Waals surface area contributed by atoms with Crippen molar-refractivity contribution in [2.24, 2.45) is 5.92 Å². The normalized spacial score (nSPS) is 17.1. The van der Waals surface area contributed by atoms with Gasteiger partial charge in [0.05, 0.1) is 17.5 Å². The Morgan fingerprint density at radius 2 is 2.00 bits per heavy atom. The average molecular weight is 266 g/mol. The summed E-state index contributed by atoms with van der Waals surface area (Å²) in [6.45, 7) is 5.90. The number of hydrogen-bond donors (Lipinski definition) is 2. The van der Waals surface area contributed by atoms with Crippen molar-refractivity contribution in [1.29, 1.82) is 0 Å². The molecule has 0 aromatic heterocycles. The van der Waals surface area contributed by atoms with Crippen LogP contribution in [-0.4, -0.2) is 12.1 Å². The van der Waals surface area contributed by atoms with Crippen molar-refractivity contribution >= 4 is 11.4 Å². The highest BCUT2D eigenvalue weighted by Crippen LogP contribution is 2.34. The molecule has 0 bridgehead atoms. The van der Waals surface area contributed by atoms with E-state index in [0.717, 1.165) is 5.69 Å². The van der Waals surface area contributed by atoms with Crippen LogP contribution >= 0.6 is 0 Å². The Balaban J connectivity index is 2.14. The van der Waals surface area contributed by atoms with Gasteiger partial charge in [-0.25, -0.2) is 4.39 Å². The van der Waals surface area contributed by atoms with Crippen molar-refractivity contribution in [3.8, 4) is 5.75 Å². The lowest BCUT2D eigenvalue weighted by atomic mass is 9.80. The van der Waals surface area contributed by atoms with Gasteiger partial charge in [0.15, 0.2) is 11.6 Å². The van der Waals surface area contributed by atoms with Gasteiger partial charge in [-0.2, -0.15) is 0 Å². The van der Waals surface area contributed by atoms with Crippen molar-refractivity contribution < 1.29 is 9.13 Å². The number of anilines is 2. The second-order valence-corrected chi connectivity index (χ2v) is 5.66. The molecular formula is C15H23FN2O. The molecule has 0 aliphatic heterocycles. The van der Waals surface area contributed by atoms with Crippen LogP contribution in [0.5, 0.6) is 5.75 Å². The van der Waals surface area contributed by atoms with E-state index in [9.17, 15) is 4.39 Å². The topological polar surface area (TPSA) is 47.3 Å². The van der Waals surface area contributed by atoms with E-state index in [1.165, 1.54) is 25.3 Å². The van der Waals surface area contributed by atoms with Crippen LogP contribution in [0.3, 0.4) is 0 Å². The minimum absolute atomic E-state index is 0.0602. The van der Waals surface area contributed by atoms with Gasteiger partial charge in [0, 0.05) is 18.2 Å². The Labute approximate surface area is 114 Å². The van der Waals surface area contributed by atoms with E-state index < -0.39 is 5.82 Å². The quantitative estimate of drug-likeness (QED) is 0.797. The first-order chi connectivity index (χ1) is 8.97. The highest BCUT2D eigenvalue weighted by molar-refractivity contribution is 5.69. The molecule has 19 heavy (non-hydrogen) atoms. The maximum absolute atomic E-state index is 13.7. The Kier molecular flexibility index (Phi) is 4.17. The number of nitrogen functional groups attached to an aromatic ring is 1. The number of nitrogens with one attached hydrogen (secondary N) is 1. The first-order valence-electron chi connectivity index (χ1n) is 6.99. The summed E-state index contributed by atoms with van der Waals surface area (Å²) in [5.41, 5.74) is 7.06. The minimum Gasteiger partial charge on any atom is -0.488 e. The maximum atomic E-state index is 13.7. The minimum atomic E-state index is -0.409. The Bertz CT molecular complexity index is 444. The molecule has 3 nitrogen and oxygen atoms in total. The Morgan fingerprint density at radius 3 is 2.53 bits per heavy atom. The molecule has 0 radical (unpaired) electrons. The summed E-state index contributed by atoms with van der Waals surface area (Å²) in [6.07, 6.45) is 3.75. The summed E-state index contributed by atoms with van der Waals surface area (Å²) in [5, 5.41) is 3.38. The standard InChI is InChI=1S/C15H23FN2O/c1-9(2)19-15-8-14(13(17)7-12(15)16)18-10(3)11-5-4-6-11/h7-11,18H,4-6,17H2,1-3H3. The molecule has 1 aliphatic carbocycles. The lowest BCUT2D eigenvalue weighted by molar-refractivity contribution is 0.231. The van der Waals surface area contributed by atoms with Gasteiger partial charge in [0.2, 0.25) is 0 Å². The van der Waals surface area contributed by atoms with Gasteiger partial charge in [-0.15, -0.1) is 0 Å². The number of hydrogen-bond acceptors (Lipinski definition) is 3. The Morgan fingerprint density at radius 1 is 1.32 bits per heavy atom.